The van der Waals surface area contributed by atoms with Crippen LogP contribution < -0.4 is 5.32 Å². The van der Waals surface area contributed by atoms with Gasteiger partial charge in [0.25, 0.3) is 0 Å². The summed E-state index contributed by atoms with van der Waals surface area (Å²) in [5, 5.41) is 22.9. The minimum absolute atomic E-state index is 0.0655. The van der Waals surface area contributed by atoms with Crippen LogP contribution in [0.2, 0.25) is 0 Å². The standard InChI is InChI=1S/C18H23N3O2/c19-15-13-11-9-10(11)12(9)21(13)16(22)14(20-15)17-2-7-1-8(3-17)5-18(23,4-7)6-17/h7-14,23H,1-6H2,(H2,19,20). The Balaban J connectivity index is 1.30. The van der Waals surface area contributed by atoms with Crippen LogP contribution >= 0.6 is 0 Å². The Labute approximate surface area is 135 Å². The fourth-order valence-electron chi connectivity index (χ4n) is 8.30. The van der Waals surface area contributed by atoms with Crippen LogP contribution in [0.15, 0.2) is 0 Å². The van der Waals surface area contributed by atoms with E-state index in [4.69, 9.17) is 5.41 Å². The normalized spacial score (nSPS) is 66.2. The van der Waals surface area contributed by atoms with E-state index in [0.717, 1.165) is 43.9 Å². The van der Waals surface area contributed by atoms with Gasteiger partial charge in [-0.25, -0.2) is 0 Å². The van der Waals surface area contributed by atoms with Crippen LogP contribution in [0.3, 0.4) is 0 Å². The number of carbonyl (C=O) groups excluding carboxylic acids is 1. The highest BCUT2D eigenvalue weighted by atomic mass is 16.3. The lowest BCUT2D eigenvalue weighted by Crippen LogP contribution is -2.70. The van der Waals surface area contributed by atoms with Crippen molar-refractivity contribution in [3.05, 3.63) is 0 Å². The molecule has 3 aliphatic heterocycles. The molecule has 0 radical (unpaired) electrons. The van der Waals surface area contributed by atoms with E-state index in [-0.39, 0.29) is 23.4 Å². The second-order valence-electron chi connectivity index (χ2n) is 9.95. The summed E-state index contributed by atoms with van der Waals surface area (Å²) in [5.41, 5.74) is -0.640. The fourth-order valence-corrected chi connectivity index (χ4v) is 8.30. The molecule has 23 heavy (non-hydrogen) atoms. The number of nitrogens with zero attached hydrogens (tertiary/aromatic N) is 1. The third-order valence-corrected chi connectivity index (χ3v) is 8.61. The van der Waals surface area contributed by atoms with Crippen LogP contribution in [0.4, 0.5) is 0 Å². The van der Waals surface area contributed by atoms with Crippen molar-refractivity contribution in [2.75, 3.05) is 0 Å². The molecule has 3 N–H and O–H groups in total. The molecule has 6 saturated carbocycles. The van der Waals surface area contributed by atoms with Crippen molar-refractivity contribution in [1.82, 2.24) is 10.2 Å². The largest absolute Gasteiger partial charge is 0.390 e. The van der Waals surface area contributed by atoms with Crippen LogP contribution in [0.5, 0.6) is 0 Å². The molecule has 0 spiro atoms. The first-order valence-electron chi connectivity index (χ1n) is 9.39. The smallest absolute Gasteiger partial charge is 0.246 e. The molecule has 122 valence electrons. The Morgan fingerprint density at radius 2 is 1.83 bits per heavy atom. The van der Waals surface area contributed by atoms with Gasteiger partial charge in [0.1, 0.15) is 11.9 Å². The zero-order chi connectivity index (χ0) is 15.3. The number of amidine groups is 1. The van der Waals surface area contributed by atoms with E-state index in [2.05, 4.69) is 10.2 Å². The molecule has 6 bridgehead atoms. The van der Waals surface area contributed by atoms with Crippen LogP contribution in [0.25, 0.3) is 0 Å². The molecule has 9 fully saturated rings. The first-order chi connectivity index (χ1) is 11.0. The Morgan fingerprint density at radius 1 is 1.13 bits per heavy atom. The van der Waals surface area contributed by atoms with E-state index in [0.29, 0.717) is 29.6 Å². The highest BCUT2D eigenvalue weighted by Gasteiger charge is 2.87. The molecule has 0 aromatic carbocycles. The Hall–Kier alpha value is -1.10. The fraction of sp³-hybridized carbons (Fsp3) is 0.889. The van der Waals surface area contributed by atoms with Gasteiger partial charge in [-0.1, -0.05) is 0 Å². The average Bonchev–Trinajstić information content (AvgIpc) is 3.27. The molecular weight excluding hydrogens is 290 g/mol. The van der Waals surface area contributed by atoms with Gasteiger partial charge in [-0.05, 0) is 68.1 Å². The number of piperidine rings is 1. The van der Waals surface area contributed by atoms with Crippen LogP contribution in [0, 0.1) is 40.4 Å². The number of hydrogen-bond acceptors (Lipinski definition) is 3. The number of carbonyl (C=O) groups is 1. The average molecular weight is 313 g/mol. The van der Waals surface area contributed by atoms with Crippen LogP contribution in [-0.2, 0) is 4.79 Å². The number of hydrogen-bond donors (Lipinski definition) is 3. The molecule has 0 aromatic heterocycles. The summed E-state index contributed by atoms with van der Waals surface area (Å²) in [6.45, 7) is 0. The number of amides is 1. The van der Waals surface area contributed by atoms with E-state index < -0.39 is 5.60 Å². The quantitative estimate of drug-likeness (QED) is 0.668. The maximum Gasteiger partial charge on any atom is 0.246 e. The number of aliphatic hydroxyl groups is 1. The van der Waals surface area contributed by atoms with E-state index in [1.807, 2.05) is 0 Å². The predicted molar refractivity (Wildman–Crippen MR) is 81.6 cm³/mol. The molecular formula is C18H23N3O2. The van der Waals surface area contributed by atoms with Crippen molar-refractivity contribution < 1.29 is 9.90 Å². The molecule has 6 unspecified atom stereocenters. The Bertz CT molecular complexity index is 666. The molecule has 5 heteroatoms. The first kappa shape index (κ1) is 12.3. The summed E-state index contributed by atoms with van der Waals surface area (Å²) < 4.78 is 0. The molecule has 3 heterocycles. The maximum atomic E-state index is 13.3. The molecule has 3 saturated heterocycles. The van der Waals surface area contributed by atoms with Crippen molar-refractivity contribution in [3.63, 3.8) is 0 Å². The lowest BCUT2D eigenvalue weighted by Gasteiger charge is -2.63. The van der Waals surface area contributed by atoms with E-state index >= 15 is 0 Å². The molecule has 0 aromatic rings. The van der Waals surface area contributed by atoms with Gasteiger partial charge >= 0.3 is 0 Å². The van der Waals surface area contributed by atoms with E-state index in [1.54, 1.807) is 0 Å². The van der Waals surface area contributed by atoms with Gasteiger partial charge in [-0.3, -0.25) is 10.2 Å². The summed E-state index contributed by atoms with van der Waals surface area (Å²) in [6, 6.07) is 0.289. The lowest BCUT2D eigenvalue weighted by molar-refractivity contribution is -0.180. The van der Waals surface area contributed by atoms with Gasteiger partial charge in [0.15, 0.2) is 0 Å². The van der Waals surface area contributed by atoms with Gasteiger partial charge in [0, 0.05) is 11.5 Å². The zero-order valence-corrected chi connectivity index (χ0v) is 13.2. The second-order valence-corrected chi connectivity index (χ2v) is 9.95. The zero-order valence-electron chi connectivity index (χ0n) is 13.2. The third-order valence-electron chi connectivity index (χ3n) is 8.61. The van der Waals surface area contributed by atoms with Crippen molar-refractivity contribution in [3.8, 4) is 0 Å². The predicted octanol–water partition coefficient (Wildman–Crippen LogP) is 0.722. The van der Waals surface area contributed by atoms with Crippen molar-refractivity contribution in [2.45, 2.75) is 62.3 Å². The summed E-state index contributed by atoms with van der Waals surface area (Å²) in [7, 11) is 0. The summed E-state index contributed by atoms with van der Waals surface area (Å²) in [6.07, 6.45) is 6.02. The van der Waals surface area contributed by atoms with Crippen molar-refractivity contribution in [1.29, 1.82) is 5.41 Å². The second kappa shape index (κ2) is 3.19. The van der Waals surface area contributed by atoms with Gasteiger partial charge in [0.05, 0.1) is 11.6 Å². The van der Waals surface area contributed by atoms with Crippen molar-refractivity contribution in [2.24, 2.45) is 35.0 Å². The van der Waals surface area contributed by atoms with Gasteiger partial charge < -0.3 is 15.3 Å². The summed E-state index contributed by atoms with van der Waals surface area (Å²) in [4.78, 5) is 15.4. The molecule has 1 amide bonds. The molecule has 5 nitrogen and oxygen atoms in total. The highest BCUT2D eigenvalue weighted by Crippen LogP contribution is 2.78. The monoisotopic (exact) mass is 313 g/mol. The molecule has 6 atom stereocenters. The number of piperazine rings is 1. The van der Waals surface area contributed by atoms with E-state index in [1.165, 1.54) is 6.42 Å². The SMILES string of the molecule is N=C1NC(C23CC4CC(CC(O)(C4)C2)C3)C(=O)N2C1C1C3C1C32. The van der Waals surface area contributed by atoms with Gasteiger partial charge in [0.2, 0.25) is 5.91 Å². The number of nitrogens with one attached hydrogen (secondary N) is 2. The van der Waals surface area contributed by atoms with Gasteiger partial charge in [-0.15, -0.1) is 0 Å². The molecule has 9 aliphatic rings. The summed E-state index contributed by atoms with van der Waals surface area (Å²) in [5.74, 6) is 4.08. The maximum absolute atomic E-state index is 13.3. The number of rotatable bonds is 1. The minimum atomic E-state index is -0.538. The topological polar surface area (TPSA) is 76.4 Å². The minimum Gasteiger partial charge on any atom is -0.390 e. The van der Waals surface area contributed by atoms with E-state index in [9.17, 15) is 9.90 Å². The van der Waals surface area contributed by atoms with Crippen LogP contribution in [0.1, 0.15) is 38.5 Å². The molecule has 9 rings (SSSR count). The van der Waals surface area contributed by atoms with Crippen LogP contribution in [-0.4, -0.2) is 45.5 Å². The molecule has 6 aliphatic carbocycles. The van der Waals surface area contributed by atoms with Crippen molar-refractivity contribution >= 4 is 11.7 Å². The first-order valence-corrected chi connectivity index (χ1v) is 9.39. The third kappa shape index (κ3) is 1.20. The van der Waals surface area contributed by atoms with Gasteiger partial charge in [-0.2, -0.15) is 0 Å². The Morgan fingerprint density at radius 3 is 2.48 bits per heavy atom. The lowest BCUT2D eigenvalue weighted by atomic mass is 9.46. The Kier molecular flexibility index (Phi) is 1.71. The highest BCUT2D eigenvalue weighted by molar-refractivity contribution is 6.01. The summed E-state index contributed by atoms with van der Waals surface area (Å²) >= 11 is 0.